The van der Waals surface area contributed by atoms with Crippen molar-refractivity contribution < 1.29 is 0 Å². The predicted octanol–water partition coefficient (Wildman–Crippen LogP) is 3.94. The van der Waals surface area contributed by atoms with E-state index in [1.807, 2.05) is 0 Å². The molecule has 0 aromatic heterocycles. The summed E-state index contributed by atoms with van der Waals surface area (Å²) in [6.45, 7) is 7.01. The van der Waals surface area contributed by atoms with Crippen molar-refractivity contribution in [1.82, 2.24) is 4.90 Å². The van der Waals surface area contributed by atoms with Gasteiger partial charge in [-0.05, 0) is 76.2 Å². The number of piperidine rings is 1. The smallest absolute Gasteiger partial charge is 0.0334 e. The first-order chi connectivity index (χ1) is 9.59. The molecule has 1 heterocycles. The molecule has 0 radical (unpaired) electrons. The van der Waals surface area contributed by atoms with Crippen molar-refractivity contribution in [3.8, 4) is 0 Å². The molecule has 1 aliphatic heterocycles. The second-order valence-corrected chi connectivity index (χ2v) is 8.31. The van der Waals surface area contributed by atoms with Gasteiger partial charge in [0.15, 0.2) is 0 Å². The van der Waals surface area contributed by atoms with Crippen molar-refractivity contribution in [3.63, 3.8) is 0 Å². The summed E-state index contributed by atoms with van der Waals surface area (Å²) in [5.41, 5.74) is 7.38. The highest BCUT2D eigenvalue weighted by molar-refractivity contribution is 5.03. The van der Waals surface area contributed by atoms with Crippen LogP contribution in [0.25, 0.3) is 0 Å². The van der Waals surface area contributed by atoms with Crippen molar-refractivity contribution in [2.75, 3.05) is 13.1 Å². The van der Waals surface area contributed by atoms with Crippen molar-refractivity contribution in [1.29, 1.82) is 0 Å². The second kappa shape index (κ2) is 5.61. The van der Waals surface area contributed by atoms with Crippen LogP contribution in [0.2, 0.25) is 0 Å². The second-order valence-electron chi connectivity index (χ2n) is 8.31. The Hall–Kier alpha value is -0.0800. The number of nitrogens with two attached hydrogens (primary N) is 1. The molecule has 0 aromatic rings. The molecule has 1 spiro atoms. The van der Waals surface area contributed by atoms with Gasteiger partial charge in [0.2, 0.25) is 0 Å². The quantitative estimate of drug-likeness (QED) is 0.829. The summed E-state index contributed by atoms with van der Waals surface area (Å²) in [5.74, 6) is 0.904. The Morgan fingerprint density at radius 1 is 1.00 bits per heavy atom. The zero-order chi connectivity index (χ0) is 14.2. The van der Waals surface area contributed by atoms with Crippen LogP contribution >= 0.6 is 0 Å². The van der Waals surface area contributed by atoms with Gasteiger partial charge in [0.05, 0.1) is 0 Å². The summed E-state index contributed by atoms with van der Waals surface area (Å²) in [6.07, 6.45) is 14.3. The van der Waals surface area contributed by atoms with E-state index in [1.165, 1.54) is 70.8 Å². The van der Waals surface area contributed by atoms with E-state index in [0.29, 0.717) is 5.54 Å². The van der Waals surface area contributed by atoms with E-state index in [-0.39, 0.29) is 0 Å². The number of likely N-dealkylation sites (tertiary alicyclic amines) is 1. The third-order valence-corrected chi connectivity index (χ3v) is 7.03. The van der Waals surface area contributed by atoms with Gasteiger partial charge in [-0.3, -0.25) is 4.90 Å². The normalized spacial score (nSPS) is 37.4. The molecule has 2 aliphatic carbocycles. The van der Waals surface area contributed by atoms with E-state index in [4.69, 9.17) is 5.73 Å². The lowest BCUT2D eigenvalue weighted by atomic mass is 9.65. The summed E-state index contributed by atoms with van der Waals surface area (Å²) >= 11 is 0. The standard InChI is InChI=1S/C18H34N2/c1-15-5-12-20(16(2)13-15)18(14-19)10-8-17(9-11-18)6-3-4-7-17/h15-16H,3-14,19H2,1-2H3. The van der Waals surface area contributed by atoms with Crippen LogP contribution in [0.15, 0.2) is 0 Å². The highest BCUT2D eigenvalue weighted by Gasteiger charge is 2.47. The van der Waals surface area contributed by atoms with E-state index < -0.39 is 0 Å². The molecule has 2 N–H and O–H groups in total. The molecule has 2 atom stereocenters. The molecule has 116 valence electrons. The Morgan fingerprint density at radius 2 is 1.65 bits per heavy atom. The SMILES string of the molecule is CC1CCN(C2(CN)CCC3(CCCC3)CC2)C(C)C1. The first-order valence-electron chi connectivity index (χ1n) is 9.06. The highest BCUT2D eigenvalue weighted by atomic mass is 15.2. The molecule has 1 saturated heterocycles. The van der Waals surface area contributed by atoms with Gasteiger partial charge >= 0.3 is 0 Å². The lowest BCUT2D eigenvalue weighted by Gasteiger charge is -2.54. The van der Waals surface area contributed by atoms with Crippen LogP contribution in [0, 0.1) is 11.3 Å². The van der Waals surface area contributed by atoms with Gasteiger partial charge in [0.1, 0.15) is 0 Å². The first-order valence-corrected chi connectivity index (χ1v) is 9.06. The van der Waals surface area contributed by atoms with Crippen LogP contribution in [-0.4, -0.2) is 29.6 Å². The minimum absolute atomic E-state index is 0.341. The van der Waals surface area contributed by atoms with Crippen molar-refractivity contribution in [2.24, 2.45) is 17.1 Å². The van der Waals surface area contributed by atoms with E-state index in [2.05, 4.69) is 18.7 Å². The molecular formula is C18H34N2. The van der Waals surface area contributed by atoms with Crippen molar-refractivity contribution >= 4 is 0 Å². The molecule has 0 aromatic carbocycles. The van der Waals surface area contributed by atoms with E-state index in [1.54, 1.807) is 0 Å². The van der Waals surface area contributed by atoms with Gasteiger partial charge in [-0.1, -0.05) is 19.8 Å². The Balaban J connectivity index is 1.69. The van der Waals surface area contributed by atoms with Gasteiger partial charge in [0, 0.05) is 18.1 Å². The fourth-order valence-electron chi connectivity index (χ4n) is 5.59. The maximum absolute atomic E-state index is 6.31. The van der Waals surface area contributed by atoms with Gasteiger partial charge in [-0.25, -0.2) is 0 Å². The largest absolute Gasteiger partial charge is 0.329 e. The Morgan fingerprint density at radius 3 is 2.20 bits per heavy atom. The predicted molar refractivity (Wildman–Crippen MR) is 85.7 cm³/mol. The van der Waals surface area contributed by atoms with E-state index in [0.717, 1.165) is 23.9 Å². The summed E-state index contributed by atoms with van der Waals surface area (Å²) < 4.78 is 0. The molecule has 3 aliphatic rings. The molecule has 2 unspecified atom stereocenters. The van der Waals surface area contributed by atoms with Crippen molar-refractivity contribution in [2.45, 2.75) is 89.6 Å². The molecule has 3 fully saturated rings. The van der Waals surface area contributed by atoms with E-state index >= 15 is 0 Å². The molecule has 2 nitrogen and oxygen atoms in total. The molecule has 3 rings (SSSR count). The van der Waals surface area contributed by atoms with Gasteiger partial charge < -0.3 is 5.73 Å². The Bertz CT molecular complexity index is 322. The number of hydrogen-bond donors (Lipinski definition) is 1. The molecule has 20 heavy (non-hydrogen) atoms. The Kier molecular flexibility index (Phi) is 4.16. The van der Waals surface area contributed by atoms with Gasteiger partial charge in [-0.2, -0.15) is 0 Å². The first kappa shape index (κ1) is 14.8. The van der Waals surface area contributed by atoms with Crippen LogP contribution in [0.4, 0.5) is 0 Å². The zero-order valence-corrected chi connectivity index (χ0v) is 13.7. The summed E-state index contributed by atoms with van der Waals surface area (Å²) in [6, 6.07) is 0.736. The summed E-state index contributed by atoms with van der Waals surface area (Å²) in [4.78, 5) is 2.81. The van der Waals surface area contributed by atoms with E-state index in [9.17, 15) is 0 Å². The minimum Gasteiger partial charge on any atom is -0.329 e. The zero-order valence-electron chi connectivity index (χ0n) is 13.7. The maximum atomic E-state index is 6.31. The molecule has 2 saturated carbocycles. The third-order valence-electron chi connectivity index (χ3n) is 7.03. The monoisotopic (exact) mass is 278 g/mol. The minimum atomic E-state index is 0.341. The van der Waals surface area contributed by atoms with Crippen LogP contribution in [0.3, 0.4) is 0 Å². The van der Waals surface area contributed by atoms with Crippen LogP contribution in [-0.2, 0) is 0 Å². The maximum Gasteiger partial charge on any atom is 0.0334 e. The van der Waals surface area contributed by atoms with Crippen LogP contribution in [0.5, 0.6) is 0 Å². The van der Waals surface area contributed by atoms with Crippen molar-refractivity contribution in [3.05, 3.63) is 0 Å². The molecule has 2 heteroatoms. The van der Waals surface area contributed by atoms with Gasteiger partial charge in [-0.15, -0.1) is 0 Å². The summed E-state index contributed by atoms with van der Waals surface area (Å²) in [5, 5.41) is 0. The lowest BCUT2D eigenvalue weighted by Crippen LogP contribution is -2.61. The van der Waals surface area contributed by atoms with Gasteiger partial charge in [0.25, 0.3) is 0 Å². The lowest BCUT2D eigenvalue weighted by molar-refractivity contribution is -0.0332. The average Bonchev–Trinajstić information content (AvgIpc) is 2.89. The highest BCUT2D eigenvalue weighted by Crippen LogP contribution is 2.53. The molecular weight excluding hydrogens is 244 g/mol. The molecule has 0 bridgehead atoms. The topological polar surface area (TPSA) is 29.3 Å². The fraction of sp³-hybridized carbons (Fsp3) is 1.00. The average molecular weight is 278 g/mol. The number of hydrogen-bond acceptors (Lipinski definition) is 2. The van der Waals surface area contributed by atoms with Crippen LogP contribution in [0.1, 0.15) is 78.1 Å². The number of nitrogens with zero attached hydrogens (tertiary/aromatic N) is 1. The number of rotatable bonds is 2. The Labute approximate surface area is 125 Å². The fourth-order valence-corrected chi connectivity index (χ4v) is 5.59. The molecule has 0 amide bonds. The summed E-state index contributed by atoms with van der Waals surface area (Å²) in [7, 11) is 0. The van der Waals surface area contributed by atoms with Crippen LogP contribution < -0.4 is 5.73 Å². The third kappa shape index (κ3) is 2.54.